The number of epoxide rings is 2. The van der Waals surface area contributed by atoms with Gasteiger partial charge in [-0.15, -0.1) is 0 Å². The third kappa shape index (κ3) is 2.30. The highest BCUT2D eigenvalue weighted by atomic mass is 16.6. The first kappa shape index (κ1) is 11.9. The normalized spacial score (nSPS) is 23.8. The average molecular weight is 272 g/mol. The van der Waals surface area contributed by atoms with Crippen molar-refractivity contribution in [3.05, 3.63) is 47.0 Å². The van der Waals surface area contributed by atoms with Gasteiger partial charge in [-0.25, -0.2) is 4.79 Å². The fourth-order valence-electron chi connectivity index (χ4n) is 2.45. The molecule has 2 atom stereocenters. The van der Waals surface area contributed by atoms with Gasteiger partial charge in [-0.3, -0.25) is 9.13 Å². The van der Waals surface area contributed by atoms with Gasteiger partial charge in [-0.2, -0.15) is 0 Å². The van der Waals surface area contributed by atoms with E-state index in [1.54, 1.807) is 4.57 Å². The second kappa shape index (κ2) is 4.61. The van der Waals surface area contributed by atoms with Gasteiger partial charge in [-0.1, -0.05) is 30.3 Å². The maximum atomic E-state index is 12.5. The minimum atomic E-state index is 0.0230. The summed E-state index contributed by atoms with van der Waals surface area (Å²) >= 11 is 0. The lowest BCUT2D eigenvalue weighted by atomic mass is 10.1. The Labute approximate surface area is 116 Å². The van der Waals surface area contributed by atoms with E-state index >= 15 is 0 Å². The fraction of sp³-hybridized carbons (Fsp3) is 0.400. The largest absolute Gasteiger partial charge is 0.371 e. The lowest BCUT2D eigenvalue weighted by Gasteiger charge is -2.04. The zero-order valence-corrected chi connectivity index (χ0v) is 11.1. The molecule has 0 spiro atoms. The topological polar surface area (TPSA) is 52.0 Å². The van der Waals surface area contributed by atoms with Crippen LogP contribution < -0.4 is 5.69 Å². The van der Waals surface area contributed by atoms with Gasteiger partial charge in [0.15, 0.2) is 0 Å². The zero-order chi connectivity index (χ0) is 13.5. The van der Waals surface area contributed by atoms with Gasteiger partial charge in [0, 0.05) is 6.20 Å². The summed E-state index contributed by atoms with van der Waals surface area (Å²) in [5.74, 6) is 0. The van der Waals surface area contributed by atoms with Crippen molar-refractivity contribution in [1.29, 1.82) is 0 Å². The Morgan fingerprint density at radius 2 is 1.70 bits per heavy atom. The number of hydrogen-bond acceptors (Lipinski definition) is 3. The van der Waals surface area contributed by atoms with Gasteiger partial charge in [0.2, 0.25) is 0 Å². The number of hydrogen-bond donors (Lipinski definition) is 0. The summed E-state index contributed by atoms with van der Waals surface area (Å²) in [7, 11) is 0. The smallest absolute Gasteiger partial charge is 0.328 e. The van der Waals surface area contributed by atoms with E-state index in [1.165, 1.54) is 0 Å². The molecule has 0 radical (unpaired) electrons. The molecule has 2 aromatic rings. The Morgan fingerprint density at radius 3 is 2.35 bits per heavy atom. The molecule has 0 N–H and O–H groups in total. The summed E-state index contributed by atoms with van der Waals surface area (Å²) in [6.07, 6.45) is 2.31. The monoisotopic (exact) mass is 272 g/mol. The Bertz CT molecular complexity index is 666. The lowest BCUT2D eigenvalue weighted by molar-refractivity contribution is 0.370. The molecule has 0 aliphatic carbocycles. The molecule has 104 valence electrons. The molecule has 4 rings (SSSR count). The molecule has 2 saturated heterocycles. The summed E-state index contributed by atoms with van der Waals surface area (Å²) in [4.78, 5) is 12.5. The average Bonchev–Trinajstić information content (AvgIpc) is 3.36. The summed E-state index contributed by atoms with van der Waals surface area (Å²) in [5.41, 5.74) is 2.03. The van der Waals surface area contributed by atoms with Gasteiger partial charge in [0.25, 0.3) is 0 Å². The Hall–Kier alpha value is -1.85. The lowest BCUT2D eigenvalue weighted by Crippen LogP contribution is -2.27. The number of nitrogens with zero attached hydrogens (tertiary/aromatic N) is 2. The quantitative estimate of drug-likeness (QED) is 0.766. The maximum Gasteiger partial charge on any atom is 0.328 e. The van der Waals surface area contributed by atoms with E-state index in [2.05, 4.69) is 0 Å². The van der Waals surface area contributed by atoms with Crippen molar-refractivity contribution in [3.63, 3.8) is 0 Å². The van der Waals surface area contributed by atoms with Crippen molar-refractivity contribution in [2.45, 2.75) is 25.3 Å². The number of benzene rings is 1. The zero-order valence-electron chi connectivity index (χ0n) is 11.1. The van der Waals surface area contributed by atoms with Crippen LogP contribution in [0.2, 0.25) is 0 Å². The van der Waals surface area contributed by atoms with Gasteiger partial charge in [-0.05, 0) is 5.56 Å². The van der Waals surface area contributed by atoms with Gasteiger partial charge < -0.3 is 9.47 Å². The summed E-state index contributed by atoms with van der Waals surface area (Å²) in [5, 5.41) is 0. The van der Waals surface area contributed by atoms with Crippen LogP contribution in [0.15, 0.2) is 41.3 Å². The number of rotatable bonds is 5. The third-order valence-corrected chi connectivity index (χ3v) is 3.71. The summed E-state index contributed by atoms with van der Waals surface area (Å²) < 4.78 is 14.1. The van der Waals surface area contributed by atoms with Gasteiger partial charge >= 0.3 is 5.69 Å². The molecule has 5 nitrogen and oxygen atoms in total. The summed E-state index contributed by atoms with van der Waals surface area (Å²) in [6, 6.07) is 10.00. The van der Waals surface area contributed by atoms with Crippen molar-refractivity contribution < 1.29 is 9.47 Å². The minimum absolute atomic E-state index is 0.0230. The maximum absolute atomic E-state index is 12.5. The van der Waals surface area contributed by atoms with Crippen LogP contribution in [0.25, 0.3) is 11.3 Å². The second-order valence-electron chi connectivity index (χ2n) is 5.34. The Morgan fingerprint density at radius 1 is 1.05 bits per heavy atom. The van der Waals surface area contributed by atoms with E-state index < -0.39 is 0 Å². The molecule has 20 heavy (non-hydrogen) atoms. The van der Waals surface area contributed by atoms with E-state index in [-0.39, 0.29) is 17.9 Å². The fourth-order valence-corrected chi connectivity index (χ4v) is 2.45. The van der Waals surface area contributed by atoms with Crippen LogP contribution in [0.3, 0.4) is 0 Å². The predicted octanol–water partition coefficient (Wildman–Crippen LogP) is 1.11. The molecule has 5 heteroatoms. The standard InChI is InChI=1S/C15H16N2O3/c18-15-16(6-12-9-19-12)8-14(11-4-2-1-3-5-11)17(15)7-13-10-20-13/h1-5,8,12-13H,6-7,9-10H2. The Balaban J connectivity index is 1.76. The molecule has 2 aliphatic heterocycles. The van der Waals surface area contributed by atoms with Crippen LogP contribution in [-0.2, 0) is 22.6 Å². The molecular weight excluding hydrogens is 256 g/mol. The molecule has 2 fully saturated rings. The molecule has 0 bridgehead atoms. The first-order chi connectivity index (χ1) is 9.81. The SMILES string of the molecule is O=c1n(CC2CO2)cc(-c2ccccc2)n1CC1CO1. The van der Waals surface area contributed by atoms with E-state index in [9.17, 15) is 4.79 Å². The second-order valence-corrected chi connectivity index (χ2v) is 5.34. The molecule has 2 unspecified atom stereocenters. The van der Waals surface area contributed by atoms with E-state index in [0.717, 1.165) is 24.5 Å². The molecule has 1 aromatic carbocycles. The number of imidazole rings is 1. The highest BCUT2D eigenvalue weighted by Gasteiger charge is 2.28. The molecule has 1 aromatic heterocycles. The first-order valence-corrected chi connectivity index (χ1v) is 6.90. The van der Waals surface area contributed by atoms with E-state index in [0.29, 0.717) is 13.1 Å². The van der Waals surface area contributed by atoms with Crippen LogP contribution in [0.5, 0.6) is 0 Å². The molecule has 3 heterocycles. The molecule has 0 amide bonds. The van der Waals surface area contributed by atoms with Crippen molar-refractivity contribution in [3.8, 4) is 11.3 Å². The van der Waals surface area contributed by atoms with E-state index in [1.807, 2.05) is 41.1 Å². The molecule has 0 saturated carbocycles. The van der Waals surface area contributed by atoms with Crippen LogP contribution in [0, 0.1) is 0 Å². The van der Waals surface area contributed by atoms with Crippen molar-refractivity contribution >= 4 is 0 Å². The van der Waals surface area contributed by atoms with Crippen LogP contribution >= 0.6 is 0 Å². The van der Waals surface area contributed by atoms with Gasteiger partial charge in [0.05, 0.1) is 44.2 Å². The van der Waals surface area contributed by atoms with Crippen molar-refractivity contribution in [2.24, 2.45) is 0 Å². The van der Waals surface area contributed by atoms with Crippen LogP contribution in [0.1, 0.15) is 0 Å². The summed E-state index contributed by atoms with van der Waals surface area (Å²) in [6.45, 7) is 2.76. The molecule has 2 aliphatic rings. The first-order valence-electron chi connectivity index (χ1n) is 6.90. The number of ether oxygens (including phenoxy) is 2. The van der Waals surface area contributed by atoms with Crippen LogP contribution in [0.4, 0.5) is 0 Å². The van der Waals surface area contributed by atoms with E-state index in [4.69, 9.17) is 9.47 Å². The van der Waals surface area contributed by atoms with Crippen molar-refractivity contribution in [2.75, 3.05) is 13.2 Å². The minimum Gasteiger partial charge on any atom is -0.371 e. The Kier molecular flexibility index (Phi) is 2.75. The molecular formula is C15H16N2O3. The van der Waals surface area contributed by atoms with Crippen LogP contribution in [-0.4, -0.2) is 34.6 Å². The van der Waals surface area contributed by atoms with Crippen molar-refractivity contribution in [1.82, 2.24) is 9.13 Å². The highest BCUT2D eigenvalue weighted by Crippen LogP contribution is 2.21. The number of aromatic nitrogens is 2. The van der Waals surface area contributed by atoms with Gasteiger partial charge in [0.1, 0.15) is 0 Å². The highest BCUT2D eigenvalue weighted by molar-refractivity contribution is 5.58. The predicted molar refractivity (Wildman–Crippen MR) is 73.6 cm³/mol. The third-order valence-electron chi connectivity index (χ3n) is 3.71.